The van der Waals surface area contributed by atoms with E-state index in [1.165, 1.54) is 6.92 Å². The van der Waals surface area contributed by atoms with Crippen molar-refractivity contribution >= 4 is 44.6 Å². The Balaban J connectivity index is 1.49. The Hall–Kier alpha value is -4.61. The highest BCUT2D eigenvalue weighted by molar-refractivity contribution is 7.91. The summed E-state index contributed by atoms with van der Waals surface area (Å²) in [5.74, 6) is -5.17. The molecular formula is C41H56F2N6O9S. The van der Waals surface area contributed by atoms with E-state index in [1.807, 2.05) is 13.0 Å². The predicted molar refractivity (Wildman–Crippen MR) is 213 cm³/mol. The molecule has 2 saturated carbocycles. The maximum absolute atomic E-state index is 17.7. The molecule has 6 rings (SSSR count). The molecule has 3 N–H and O–H groups in total. The Morgan fingerprint density at radius 3 is 2.32 bits per heavy atom. The van der Waals surface area contributed by atoms with Gasteiger partial charge in [-0.2, -0.15) is 8.78 Å². The number of hydrogen-bond donors (Lipinski definition) is 3. The highest BCUT2D eigenvalue weighted by Gasteiger charge is 2.71. The molecule has 8 atom stereocenters. The smallest absolute Gasteiger partial charge is 0.408 e. The first-order valence-corrected chi connectivity index (χ1v) is 22.0. The van der Waals surface area contributed by atoms with Gasteiger partial charge in [-0.3, -0.25) is 28.9 Å². The Kier molecular flexibility index (Phi) is 12.0. The van der Waals surface area contributed by atoms with Gasteiger partial charge in [0.1, 0.15) is 17.6 Å². The third kappa shape index (κ3) is 7.92. The number of carbonyl (C=O) groups excluding carboxylic acids is 3. The van der Waals surface area contributed by atoms with Gasteiger partial charge in [0.25, 0.3) is 11.8 Å². The minimum atomic E-state index is -4.30. The molecule has 4 amide bonds. The Morgan fingerprint density at radius 2 is 1.73 bits per heavy atom. The van der Waals surface area contributed by atoms with Crippen LogP contribution in [0.3, 0.4) is 0 Å². The number of halogens is 2. The number of rotatable bonds is 11. The number of benzene rings is 1. The average Bonchev–Trinajstić information content (AvgIpc) is 4.09. The standard InChI is InChI=1S/C41H56F2N6O9S/c1-8-25(5)48(37(53)54)31-26(9-2)21-24(4)15-11-12-16-27-22-40(27,36(52)47-59(55,56)38(6)19-20-38)44-32(50)30-23-39(7,41(42,43)49(30)35(31)51)58-34-29-18-14-13-17-28(29)33(45-46-34)57-10-3/h12-14,16-18,24-27,30-31H,8-11,15,19-23H2,1-7H3,(H,44,50)(H,47,52)(H,53,54)/b16-12-/t24-,25?,26+,27+,30-,31-,39+,40+/m0/s1. The molecule has 324 valence electrons. The van der Waals surface area contributed by atoms with Crippen LogP contribution in [0, 0.1) is 17.8 Å². The number of hydrogen-bond acceptors (Lipinski definition) is 10. The first kappa shape index (κ1) is 44.0. The van der Waals surface area contributed by atoms with E-state index in [2.05, 4.69) is 20.2 Å². The number of alkyl halides is 2. The van der Waals surface area contributed by atoms with E-state index < -0.39 is 92.2 Å². The molecular weight excluding hydrogens is 791 g/mol. The number of nitrogens with zero attached hydrogens (tertiary/aromatic N) is 4. The summed E-state index contributed by atoms with van der Waals surface area (Å²) >= 11 is 0. The predicted octanol–water partition coefficient (Wildman–Crippen LogP) is 5.78. The molecule has 0 radical (unpaired) electrons. The van der Waals surface area contributed by atoms with Gasteiger partial charge in [-0.05, 0) is 96.6 Å². The second kappa shape index (κ2) is 16.1. The molecule has 0 spiro atoms. The van der Waals surface area contributed by atoms with Crippen molar-refractivity contribution in [3.8, 4) is 11.8 Å². The molecule has 1 unspecified atom stereocenters. The average molecular weight is 847 g/mol. The fourth-order valence-electron chi connectivity index (χ4n) is 8.55. The van der Waals surface area contributed by atoms with Crippen molar-refractivity contribution in [2.75, 3.05) is 6.61 Å². The zero-order valence-electron chi connectivity index (χ0n) is 34.7. The Bertz CT molecular complexity index is 2120. The van der Waals surface area contributed by atoms with Crippen LogP contribution in [-0.4, -0.2) is 104 Å². The summed E-state index contributed by atoms with van der Waals surface area (Å²) in [7, 11) is -4.17. The molecule has 59 heavy (non-hydrogen) atoms. The van der Waals surface area contributed by atoms with Gasteiger partial charge in [0.05, 0.1) is 22.1 Å². The quantitative estimate of drug-likeness (QED) is 0.183. The van der Waals surface area contributed by atoms with Gasteiger partial charge in [-0.1, -0.05) is 51.5 Å². The van der Waals surface area contributed by atoms with Crippen molar-refractivity contribution in [2.24, 2.45) is 17.8 Å². The minimum absolute atomic E-state index is 0.0250. The summed E-state index contributed by atoms with van der Waals surface area (Å²) in [6.07, 6.45) is 3.84. The zero-order chi connectivity index (χ0) is 43.3. The molecule has 3 heterocycles. The number of nitrogens with one attached hydrogen (secondary N) is 2. The number of ether oxygens (including phenoxy) is 2. The molecule has 4 aliphatic rings. The highest BCUT2D eigenvalue weighted by atomic mass is 32.2. The first-order chi connectivity index (χ1) is 27.7. The Morgan fingerprint density at radius 1 is 1.08 bits per heavy atom. The second-order valence-electron chi connectivity index (χ2n) is 17.2. The van der Waals surface area contributed by atoms with Crippen LogP contribution in [0.1, 0.15) is 106 Å². The number of carboxylic acid groups (broad SMARTS) is 1. The van der Waals surface area contributed by atoms with Crippen LogP contribution in [0.4, 0.5) is 13.6 Å². The van der Waals surface area contributed by atoms with Crippen LogP contribution in [0.25, 0.3) is 10.8 Å². The largest absolute Gasteiger partial charge is 0.476 e. The molecule has 18 heteroatoms. The highest BCUT2D eigenvalue weighted by Crippen LogP contribution is 2.51. The van der Waals surface area contributed by atoms with Crippen molar-refractivity contribution in [2.45, 2.75) is 146 Å². The van der Waals surface area contributed by atoms with Gasteiger partial charge >= 0.3 is 12.1 Å². The molecule has 1 aromatic carbocycles. The van der Waals surface area contributed by atoms with Crippen molar-refractivity contribution < 1.29 is 51.0 Å². The van der Waals surface area contributed by atoms with E-state index in [1.54, 1.807) is 58.0 Å². The van der Waals surface area contributed by atoms with E-state index in [4.69, 9.17) is 9.47 Å². The van der Waals surface area contributed by atoms with Gasteiger partial charge in [0.2, 0.25) is 27.7 Å². The van der Waals surface area contributed by atoms with Crippen LogP contribution in [0.2, 0.25) is 0 Å². The first-order valence-electron chi connectivity index (χ1n) is 20.6. The molecule has 2 aliphatic carbocycles. The second-order valence-corrected chi connectivity index (χ2v) is 19.4. The summed E-state index contributed by atoms with van der Waals surface area (Å²) in [6, 6.07) is -2.17. The van der Waals surface area contributed by atoms with Crippen molar-refractivity contribution in [3.63, 3.8) is 0 Å². The summed E-state index contributed by atoms with van der Waals surface area (Å²) in [4.78, 5) is 58.1. The summed E-state index contributed by atoms with van der Waals surface area (Å²) < 4.78 is 74.7. The monoisotopic (exact) mass is 846 g/mol. The van der Waals surface area contributed by atoms with Gasteiger partial charge < -0.3 is 19.9 Å². The van der Waals surface area contributed by atoms with E-state index >= 15 is 13.6 Å². The summed E-state index contributed by atoms with van der Waals surface area (Å²) in [5, 5.41) is 22.1. The number of carbonyl (C=O) groups is 4. The number of fused-ring (bicyclic) bond motifs is 3. The molecule has 0 bridgehead atoms. The lowest BCUT2D eigenvalue weighted by atomic mass is 9.83. The molecule has 1 saturated heterocycles. The lowest BCUT2D eigenvalue weighted by molar-refractivity contribution is -0.219. The Labute approximate surface area is 343 Å². The number of aromatic nitrogens is 2. The van der Waals surface area contributed by atoms with Crippen LogP contribution in [0.5, 0.6) is 11.8 Å². The van der Waals surface area contributed by atoms with Crippen molar-refractivity contribution in [1.82, 2.24) is 30.0 Å². The van der Waals surface area contributed by atoms with Gasteiger partial charge in [-0.25, -0.2) is 13.2 Å². The number of allylic oxidation sites excluding steroid dienone is 1. The molecule has 2 aromatic rings. The van der Waals surface area contributed by atoms with Crippen LogP contribution >= 0.6 is 0 Å². The van der Waals surface area contributed by atoms with Crippen molar-refractivity contribution in [1.29, 1.82) is 0 Å². The topological polar surface area (TPSA) is 197 Å². The third-order valence-electron chi connectivity index (χ3n) is 12.9. The van der Waals surface area contributed by atoms with Crippen LogP contribution in [0.15, 0.2) is 36.4 Å². The fourth-order valence-corrected chi connectivity index (χ4v) is 9.87. The van der Waals surface area contributed by atoms with E-state index in [9.17, 15) is 27.9 Å². The molecule has 3 fully saturated rings. The maximum atomic E-state index is 17.7. The minimum Gasteiger partial charge on any atom is -0.476 e. The molecule has 15 nitrogen and oxygen atoms in total. The molecule has 1 aromatic heterocycles. The normalized spacial score (nSPS) is 31.3. The van der Waals surface area contributed by atoms with Gasteiger partial charge in [0.15, 0.2) is 5.60 Å². The number of sulfonamides is 1. The van der Waals surface area contributed by atoms with E-state index in [0.29, 0.717) is 37.5 Å². The third-order valence-corrected chi connectivity index (χ3v) is 15.1. The van der Waals surface area contributed by atoms with E-state index in [-0.39, 0.29) is 53.8 Å². The summed E-state index contributed by atoms with van der Waals surface area (Å²) in [6.45, 7) is 11.6. The van der Waals surface area contributed by atoms with Gasteiger partial charge in [0, 0.05) is 18.4 Å². The van der Waals surface area contributed by atoms with Crippen molar-refractivity contribution in [3.05, 3.63) is 36.4 Å². The maximum Gasteiger partial charge on any atom is 0.408 e. The van der Waals surface area contributed by atoms with Gasteiger partial charge in [-0.15, -0.1) is 10.2 Å². The molecule has 2 aliphatic heterocycles. The fraction of sp³-hybridized carbons (Fsp3) is 0.659. The lowest BCUT2D eigenvalue weighted by Gasteiger charge is -2.43. The van der Waals surface area contributed by atoms with E-state index in [0.717, 1.165) is 11.8 Å². The number of amides is 4. The van der Waals surface area contributed by atoms with Crippen LogP contribution in [-0.2, 0) is 24.4 Å². The zero-order valence-corrected chi connectivity index (χ0v) is 35.5. The lowest BCUT2D eigenvalue weighted by Crippen LogP contribution is -2.65. The summed E-state index contributed by atoms with van der Waals surface area (Å²) in [5.41, 5.74) is -4.51. The SMILES string of the molecule is CCOc1nnc(O[C@]2(C)C[C@H]3C(=O)N[C@]4(C(=O)NS(=O)(=O)C5(C)CC5)C[C@H]4/C=C\CC[C@H](C)C[C@@H](CC)[C@H](N(C(=O)O)C(C)CC)C(=O)N3C2(F)F)c2ccccc12. The van der Waals surface area contributed by atoms with Crippen LogP contribution < -0.4 is 19.5 Å².